The van der Waals surface area contributed by atoms with E-state index in [0.29, 0.717) is 9.21 Å². The molecule has 132 valence electrons. The molecule has 1 aromatic heterocycles. The SMILES string of the molecule is COC(=O)C1CC(Oc2ccccc2F)CN1C(=O)c1ccc(Cl)s1. The second-order valence-corrected chi connectivity index (χ2v) is 7.22. The van der Waals surface area contributed by atoms with E-state index in [1.165, 1.54) is 24.1 Å². The summed E-state index contributed by atoms with van der Waals surface area (Å²) in [4.78, 5) is 26.6. The Morgan fingerprint density at radius 1 is 1.28 bits per heavy atom. The molecular weight excluding hydrogens is 369 g/mol. The zero-order chi connectivity index (χ0) is 18.0. The molecule has 0 saturated carbocycles. The summed E-state index contributed by atoms with van der Waals surface area (Å²) in [6, 6.07) is 8.46. The predicted octanol–water partition coefficient (Wildman–Crippen LogP) is 3.38. The van der Waals surface area contributed by atoms with Crippen LogP contribution in [0, 0.1) is 5.82 Å². The maximum atomic E-state index is 13.8. The molecule has 0 radical (unpaired) electrons. The maximum Gasteiger partial charge on any atom is 0.328 e. The standard InChI is InChI=1S/C17H15ClFNO4S/c1-23-17(22)12-8-10(24-13-5-3-2-4-11(13)19)9-20(12)16(21)14-6-7-15(18)25-14/h2-7,10,12H,8-9H2,1H3. The van der Waals surface area contributed by atoms with Crippen LogP contribution in [0.1, 0.15) is 16.1 Å². The highest BCUT2D eigenvalue weighted by atomic mass is 35.5. The van der Waals surface area contributed by atoms with Gasteiger partial charge in [0.15, 0.2) is 11.6 Å². The zero-order valence-electron chi connectivity index (χ0n) is 13.3. The Bertz CT molecular complexity index is 796. The summed E-state index contributed by atoms with van der Waals surface area (Å²) in [7, 11) is 1.26. The molecule has 5 nitrogen and oxygen atoms in total. The predicted molar refractivity (Wildman–Crippen MR) is 91.6 cm³/mol. The highest BCUT2D eigenvalue weighted by Crippen LogP contribution is 2.29. The van der Waals surface area contributed by atoms with Gasteiger partial charge in [-0.15, -0.1) is 11.3 Å². The third kappa shape index (κ3) is 3.77. The van der Waals surface area contributed by atoms with Crippen LogP contribution in [-0.2, 0) is 9.53 Å². The molecule has 0 N–H and O–H groups in total. The van der Waals surface area contributed by atoms with Gasteiger partial charge in [0.25, 0.3) is 5.91 Å². The zero-order valence-corrected chi connectivity index (χ0v) is 14.8. The minimum Gasteiger partial charge on any atom is -0.485 e. The molecule has 1 aliphatic rings. The minimum atomic E-state index is -0.782. The first-order valence-corrected chi connectivity index (χ1v) is 8.74. The monoisotopic (exact) mass is 383 g/mol. The summed E-state index contributed by atoms with van der Waals surface area (Å²) in [6.07, 6.45) is -0.286. The average molecular weight is 384 g/mol. The lowest BCUT2D eigenvalue weighted by Gasteiger charge is -2.21. The third-order valence-corrected chi connectivity index (χ3v) is 5.13. The average Bonchev–Trinajstić information content (AvgIpc) is 3.22. The summed E-state index contributed by atoms with van der Waals surface area (Å²) >= 11 is 7.01. The second-order valence-electron chi connectivity index (χ2n) is 5.51. The van der Waals surface area contributed by atoms with E-state index < -0.39 is 23.9 Å². The molecule has 1 saturated heterocycles. The first kappa shape index (κ1) is 17.7. The van der Waals surface area contributed by atoms with Crippen molar-refractivity contribution < 1.29 is 23.5 Å². The van der Waals surface area contributed by atoms with Gasteiger partial charge in [-0.05, 0) is 24.3 Å². The van der Waals surface area contributed by atoms with Gasteiger partial charge >= 0.3 is 5.97 Å². The number of para-hydroxylation sites is 1. The van der Waals surface area contributed by atoms with Crippen molar-refractivity contribution in [1.82, 2.24) is 4.90 Å². The van der Waals surface area contributed by atoms with Crippen LogP contribution in [0.4, 0.5) is 4.39 Å². The Hall–Kier alpha value is -2.12. The lowest BCUT2D eigenvalue weighted by molar-refractivity contribution is -0.145. The summed E-state index contributed by atoms with van der Waals surface area (Å²) in [5.74, 6) is -1.26. The Labute approximate surface area is 152 Å². The number of methoxy groups -OCH3 is 1. The molecule has 1 aliphatic heterocycles. The molecule has 0 bridgehead atoms. The van der Waals surface area contributed by atoms with E-state index in [2.05, 4.69) is 0 Å². The van der Waals surface area contributed by atoms with E-state index in [0.717, 1.165) is 11.3 Å². The summed E-state index contributed by atoms with van der Waals surface area (Å²) in [5.41, 5.74) is 0. The number of benzene rings is 1. The van der Waals surface area contributed by atoms with Crippen molar-refractivity contribution in [1.29, 1.82) is 0 Å². The number of thiophene rings is 1. The number of carbonyl (C=O) groups excluding carboxylic acids is 2. The number of esters is 1. The number of nitrogens with zero attached hydrogens (tertiary/aromatic N) is 1. The van der Waals surface area contributed by atoms with Crippen LogP contribution in [0.3, 0.4) is 0 Å². The maximum absolute atomic E-state index is 13.8. The van der Waals surface area contributed by atoms with Crippen molar-refractivity contribution in [2.75, 3.05) is 13.7 Å². The highest BCUT2D eigenvalue weighted by Gasteiger charge is 2.42. The van der Waals surface area contributed by atoms with Crippen molar-refractivity contribution in [2.45, 2.75) is 18.6 Å². The fourth-order valence-electron chi connectivity index (χ4n) is 2.76. The largest absolute Gasteiger partial charge is 0.485 e. The van der Waals surface area contributed by atoms with Crippen LogP contribution in [0.25, 0.3) is 0 Å². The number of carbonyl (C=O) groups is 2. The van der Waals surface area contributed by atoms with Crippen LogP contribution in [-0.4, -0.2) is 42.6 Å². The van der Waals surface area contributed by atoms with E-state index in [4.69, 9.17) is 21.1 Å². The van der Waals surface area contributed by atoms with Gasteiger partial charge in [0, 0.05) is 6.42 Å². The Balaban J connectivity index is 1.80. The van der Waals surface area contributed by atoms with Gasteiger partial charge in [-0.25, -0.2) is 9.18 Å². The van der Waals surface area contributed by atoms with Crippen LogP contribution >= 0.6 is 22.9 Å². The Morgan fingerprint density at radius 3 is 2.68 bits per heavy atom. The minimum absolute atomic E-state index is 0.0876. The number of likely N-dealkylation sites (tertiary alicyclic amines) is 1. The van der Waals surface area contributed by atoms with E-state index in [-0.39, 0.29) is 24.6 Å². The first-order valence-electron chi connectivity index (χ1n) is 7.55. The quantitative estimate of drug-likeness (QED) is 0.759. The van der Waals surface area contributed by atoms with Gasteiger partial charge < -0.3 is 14.4 Å². The van der Waals surface area contributed by atoms with Crippen LogP contribution in [0.2, 0.25) is 4.34 Å². The van der Waals surface area contributed by atoms with Gasteiger partial charge in [-0.1, -0.05) is 23.7 Å². The number of halogens is 2. The lowest BCUT2D eigenvalue weighted by Crippen LogP contribution is -2.41. The molecule has 2 unspecified atom stereocenters. The van der Waals surface area contributed by atoms with Gasteiger partial charge in [-0.2, -0.15) is 0 Å². The van der Waals surface area contributed by atoms with Crippen molar-refractivity contribution in [3.05, 3.63) is 51.4 Å². The van der Waals surface area contributed by atoms with Gasteiger partial charge in [-0.3, -0.25) is 4.79 Å². The fourth-order valence-corrected chi connectivity index (χ4v) is 3.76. The molecule has 2 heterocycles. The Kier molecular flexibility index (Phi) is 5.24. The van der Waals surface area contributed by atoms with Gasteiger partial charge in [0.05, 0.1) is 22.9 Å². The molecule has 1 fully saturated rings. The summed E-state index contributed by atoms with van der Waals surface area (Å²) in [5, 5.41) is 0. The highest BCUT2D eigenvalue weighted by molar-refractivity contribution is 7.17. The molecule has 0 aliphatic carbocycles. The first-order chi connectivity index (χ1) is 12.0. The van der Waals surface area contributed by atoms with E-state index in [1.807, 2.05) is 0 Å². The number of hydrogen-bond acceptors (Lipinski definition) is 5. The molecule has 8 heteroatoms. The van der Waals surface area contributed by atoms with Crippen LogP contribution < -0.4 is 4.74 Å². The summed E-state index contributed by atoms with van der Waals surface area (Å²) in [6.45, 7) is 0.155. The van der Waals surface area contributed by atoms with E-state index in [1.54, 1.807) is 24.3 Å². The molecule has 1 amide bonds. The smallest absolute Gasteiger partial charge is 0.328 e. The number of rotatable bonds is 4. The molecule has 3 rings (SSSR count). The van der Waals surface area contributed by atoms with Crippen LogP contribution in [0.5, 0.6) is 5.75 Å². The number of hydrogen-bond donors (Lipinski definition) is 0. The number of ether oxygens (including phenoxy) is 2. The molecule has 0 spiro atoms. The Morgan fingerprint density at radius 2 is 2.04 bits per heavy atom. The molecule has 2 atom stereocenters. The third-order valence-electron chi connectivity index (χ3n) is 3.91. The van der Waals surface area contributed by atoms with E-state index >= 15 is 0 Å². The molecular formula is C17H15ClFNO4S. The molecule has 2 aromatic rings. The molecule has 25 heavy (non-hydrogen) atoms. The van der Waals surface area contributed by atoms with Crippen LogP contribution in [0.15, 0.2) is 36.4 Å². The van der Waals surface area contributed by atoms with Gasteiger partial charge in [0.1, 0.15) is 12.1 Å². The van der Waals surface area contributed by atoms with Gasteiger partial charge in [0.2, 0.25) is 0 Å². The van der Waals surface area contributed by atoms with Crippen molar-refractivity contribution >= 4 is 34.8 Å². The molecule has 1 aromatic carbocycles. The van der Waals surface area contributed by atoms with Crippen molar-refractivity contribution in [3.8, 4) is 5.75 Å². The fraction of sp³-hybridized carbons (Fsp3) is 0.294. The van der Waals surface area contributed by atoms with Crippen molar-refractivity contribution in [2.24, 2.45) is 0 Å². The lowest BCUT2D eigenvalue weighted by atomic mass is 10.2. The van der Waals surface area contributed by atoms with Crippen molar-refractivity contribution in [3.63, 3.8) is 0 Å². The number of amides is 1. The normalized spacial score (nSPS) is 19.7. The topological polar surface area (TPSA) is 55.8 Å². The van der Waals surface area contributed by atoms with E-state index in [9.17, 15) is 14.0 Å². The second kappa shape index (κ2) is 7.41. The summed E-state index contributed by atoms with van der Waals surface area (Å²) < 4.78 is 24.7.